The number of carbonyl (C=O) groups excluding carboxylic acids is 6. The highest BCUT2D eigenvalue weighted by atomic mass is 16.2. The van der Waals surface area contributed by atoms with Gasteiger partial charge >= 0.3 is 0 Å². The summed E-state index contributed by atoms with van der Waals surface area (Å²) in [5.41, 5.74) is 9.64. The Labute approximate surface area is 482 Å². The van der Waals surface area contributed by atoms with Crippen molar-refractivity contribution in [3.05, 3.63) is 323 Å². The number of nitrogens with zero attached hydrogens (tertiary/aromatic N) is 1. The van der Waals surface area contributed by atoms with Crippen LogP contribution in [0.2, 0.25) is 0 Å². The van der Waals surface area contributed by atoms with Crippen molar-refractivity contribution in [3.8, 4) is 0 Å². The summed E-state index contributed by atoms with van der Waals surface area (Å²) in [6.45, 7) is 0.348. The summed E-state index contributed by atoms with van der Waals surface area (Å²) in [5, 5.41) is 10.9. The zero-order valence-electron chi connectivity index (χ0n) is 45.3. The number of benzene rings is 9. The standard InChI is InChI=1S/2C24H20N2O2.C23H18N2O2.2H2/c1-26-16-20(19-14-8-9-15-21(19)26)23(27)24(28)25-22(17-10-4-2-5-11-17)18-12-6-3-7-13-18;27-23(21-16-25-22-14-8-7-13-19(21)22)24(28)26-15-20(17-9-3-1-4-10-17)18-11-5-2-6-12-18;26-22(19-15-24-20-14-8-7-13-18(19)20)23(27)25-21(16-9-3-1-4-10-16)17-11-5-2-6-12-17;;/h2-16,22H,1H3,(H,25,28);1-14,16,20,25H,15H2,(H,26,28);1-15,21,24H,(H,25,27);2*1H. The Morgan fingerprint density at radius 3 is 1.08 bits per heavy atom. The third-order valence-corrected chi connectivity index (χ3v) is 14.4. The largest absolute Gasteiger partial charge is 0.360 e. The van der Waals surface area contributed by atoms with E-state index in [1.54, 1.807) is 18.6 Å². The fourth-order valence-electron chi connectivity index (χ4n) is 10.2. The molecule has 3 heterocycles. The van der Waals surface area contributed by atoms with Crippen LogP contribution in [-0.4, -0.2) is 56.2 Å². The summed E-state index contributed by atoms with van der Waals surface area (Å²) in [5.74, 6) is -3.48. The zero-order valence-corrected chi connectivity index (χ0v) is 45.3. The normalized spacial score (nSPS) is 10.9. The number of H-pyrrole nitrogens is 2. The van der Waals surface area contributed by atoms with E-state index in [0.29, 0.717) is 23.2 Å². The molecule has 0 aliphatic rings. The number of aromatic nitrogens is 3. The van der Waals surface area contributed by atoms with Crippen LogP contribution in [-0.2, 0) is 21.4 Å². The number of rotatable bonds is 16. The average molecular weight is 1100 g/mol. The Balaban J connectivity index is 0.000000164. The first kappa shape index (κ1) is 55.3. The van der Waals surface area contributed by atoms with Crippen LogP contribution in [0, 0.1) is 0 Å². The first-order chi connectivity index (χ1) is 40.6. The van der Waals surface area contributed by atoms with E-state index in [4.69, 9.17) is 0 Å². The third kappa shape index (κ3) is 13.0. The molecule has 83 heavy (non-hydrogen) atoms. The summed E-state index contributed by atoms with van der Waals surface area (Å²) in [7, 11) is 1.87. The minimum atomic E-state index is -0.627. The monoisotopic (exact) mass is 1090 g/mol. The van der Waals surface area contributed by atoms with Gasteiger partial charge in [-0.3, -0.25) is 28.8 Å². The fraction of sp³-hybridized carbons (Fsp3) is 0.0704. The lowest BCUT2D eigenvalue weighted by Crippen LogP contribution is -2.35. The van der Waals surface area contributed by atoms with Crippen LogP contribution >= 0.6 is 0 Å². The van der Waals surface area contributed by atoms with Crippen LogP contribution in [0.1, 0.15) is 85.3 Å². The Morgan fingerprint density at radius 1 is 0.373 bits per heavy atom. The number of aryl methyl sites for hydroxylation is 1. The first-order valence-electron chi connectivity index (χ1n) is 27.1. The number of para-hydroxylation sites is 3. The first-order valence-corrected chi connectivity index (χ1v) is 27.1. The molecular formula is C71H62N6O6. The molecule has 12 rings (SSSR count). The maximum Gasteiger partial charge on any atom is 0.293 e. The average Bonchev–Trinajstić information content (AvgIpc) is 4.46. The maximum atomic E-state index is 12.9. The summed E-state index contributed by atoms with van der Waals surface area (Å²) < 4.78 is 1.86. The smallest absolute Gasteiger partial charge is 0.293 e. The van der Waals surface area contributed by atoms with Gasteiger partial charge in [-0.15, -0.1) is 0 Å². The Bertz CT molecular complexity index is 4080. The van der Waals surface area contributed by atoms with E-state index >= 15 is 0 Å². The number of hydrogen-bond acceptors (Lipinski definition) is 6. The molecule has 12 nitrogen and oxygen atoms in total. The Hall–Kier alpha value is -11.0. The summed E-state index contributed by atoms with van der Waals surface area (Å²) in [6, 6.07) is 80.2. The molecule has 0 radical (unpaired) electrons. The van der Waals surface area contributed by atoms with Crippen LogP contribution in [0.15, 0.2) is 273 Å². The number of aromatic amines is 2. The van der Waals surface area contributed by atoms with Gasteiger partial charge in [0.1, 0.15) is 0 Å². The van der Waals surface area contributed by atoms with Crippen molar-refractivity contribution in [2.75, 3.05) is 6.54 Å². The molecule has 0 fully saturated rings. The van der Waals surface area contributed by atoms with E-state index in [-0.39, 0.29) is 8.77 Å². The van der Waals surface area contributed by atoms with Crippen molar-refractivity contribution < 1.29 is 31.6 Å². The predicted molar refractivity (Wildman–Crippen MR) is 330 cm³/mol. The molecule has 0 bridgehead atoms. The quantitative estimate of drug-likeness (QED) is 0.0475. The molecule has 0 atom stereocenters. The van der Waals surface area contributed by atoms with Gasteiger partial charge in [-0.2, -0.15) is 0 Å². The van der Waals surface area contributed by atoms with Crippen LogP contribution in [0.4, 0.5) is 0 Å². The van der Waals surface area contributed by atoms with E-state index in [0.717, 1.165) is 66.1 Å². The lowest BCUT2D eigenvalue weighted by molar-refractivity contribution is -0.118. The minimum absolute atomic E-state index is 0. The van der Waals surface area contributed by atoms with Crippen molar-refractivity contribution in [2.24, 2.45) is 7.05 Å². The molecule has 0 aliphatic carbocycles. The van der Waals surface area contributed by atoms with Gasteiger partial charge in [0.05, 0.1) is 28.8 Å². The minimum Gasteiger partial charge on any atom is -0.360 e. The second-order valence-corrected chi connectivity index (χ2v) is 19.7. The molecule has 5 N–H and O–H groups in total. The van der Waals surface area contributed by atoms with Crippen molar-refractivity contribution in [3.63, 3.8) is 0 Å². The molecule has 12 aromatic rings. The number of fused-ring (bicyclic) bond motifs is 3. The van der Waals surface area contributed by atoms with Crippen molar-refractivity contribution in [1.82, 2.24) is 30.5 Å². The summed E-state index contributed by atoms with van der Waals surface area (Å²) >= 11 is 0. The molecule has 0 aliphatic heterocycles. The number of hydrogen-bond donors (Lipinski definition) is 5. The van der Waals surface area contributed by atoms with Gasteiger partial charge in [-0.05, 0) is 51.6 Å². The van der Waals surface area contributed by atoms with Gasteiger partial charge in [0.15, 0.2) is 0 Å². The Morgan fingerprint density at radius 2 is 0.687 bits per heavy atom. The van der Waals surface area contributed by atoms with Gasteiger partial charge in [-0.1, -0.05) is 237 Å². The molecule has 0 saturated heterocycles. The second kappa shape index (κ2) is 26.3. The van der Waals surface area contributed by atoms with Crippen LogP contribution in [0.3, 0.4) is 0 Å². The van der Waals surface area contributed by atoms with Crippen LogP contribution in [0.25, 0.3) is 32.7 Å². The number of nitrogens with one attached hydrogen (secondary N) is 5. The van der Waals surface area contributed by atoms with E-state index in [1.807, 2.05) is 266 Å². The molecule has 3 amide bonds. The van der Waals surface area contributed by atoms with E-state index in [9.17, 15) is 28.8 Å². The molecule has 12 heteroatoms. The van der Waals surface area contributed by atoms with Gasteiger partial charge in [0.2, 0.25) is 0 Å². The zero-order chi connectivity index (χ0) is 57.5. The van der Waals surface area contributed by atoms with E-state index in [1.165, 1.54) is 0 Å². The fourth-order valence-corrected chi connectivity index (χ4v) is 10.2. The Kier molecular flexibility index (Phi) is 17.5. The maximum absolute atomic E-state index is 12.9. The lowest BCUT2D eigenvalue weighted by atomic mass is 9.91. The highest BCUT2D eigenvalue weighted by Crippen LogP contribution is 2.28. The van der Waals surface area contributed by atoms with Gasteiger partial charge < -0.3 is 30.5 Å². The number of amides is 3. The highest BCUT2D eigenvalue weighted by molar-refractivity contribution is 6.46. The van der Waals surface area contributed by atoms with E-state index < -0.39 is 47.2 Å². The van der Waals surface area contributed by atoms with Crippen molar-refractivity contribution >= 4 is 67.8 Å². The molecule has 0 unspecified atom stereocenters. The highest BCUT2D eigenvalue weighted by Gasteiger charge is 2.27. The number of Topliss-reactive ketones (excluding diaryl/α,β-unsaturated/α-hetero) is 3. The number of carbonyl (C=O) groups is 6. The number of ketones is 3. The van der Waals surface area contributed by atoms with Gasteiger partial charge in [-0.25, -0.2) is 0 Å². The molecule has 412 valence electrons. The second-order valence-electron chi connectivity index (χ2n) is 19.7. The topological polar surface area (TPSA) is 175 Å². The predicted octanol–water partition coefficient (Wildman–Crippen LogP) is 13.3. The van der Waals surface area contributed by atoms with Crippen LogP contribution in [0.5, 0.6) is 0 Å². The van der Waals surface area contributed by atoms with Gasteiger partial charge in [0, 0.05) is 73.7 Å². The van der Waals surface area contributed by atoms with Gasteiger partial charge in [0.25, 0.3) is 35.1 Å². The third-order valence-electron chi connectivity index (χ3n) is 14.4. The SMILES string of the molecule is Cn1cc(C(=O)C(=O)NC(c2ccccc2)c2ccccc2)c2ccccc21.O=C(NC(c1ccccc1)c1ccccc1)C(=O)c1c[nH]c2ccccc12.O=C(NCC(c1ccccc1)c1ccccc1)C(=O)c1c[nH]c2ccccc12.[HH].[HH]. The van der Waals surface area contributed by atoms with Crippen LogP contribution < -0.4 is 16.0 Å². The summed E-state index contributed by atoms with van der Waals surface area (Å²) in [4.78, 5) is 82.7. The van der Waals surface area contributed by atoms with Crippen molar-refractivity contribution in [2.45, 2.75) is 18.0 Å². The lowest BCUT2D eigenvalue weighted by Gasteiger charge is -2.19. The molecule has 0 saturated carbocycles. The molecule has 0 spiro atoms. The van der Waals surface area contributed by atoms with E-state index in [2.05, 4.69) is 25.9 Å². The summed E-state index contributed by atoms with van der Waals surface area (Å²) in [6.07, 6.45) is 4.90. The molecule has 9 aromatic carbocycles. The molecule has 3 aromatic heterocycles. The molecular weight excluding hydrogens is 1030 g/mol. The van der Waals surface area contributed by atoms with Crippen molar-refractivity contribution in [1.29, 1.82) is 0 Å².